The fourth-order valence-corrected chi connectivity index (χ4v) is 4.66. The van der Waals surface area contributed by atoms with Crippen LogP contribution in [0, 0.1) is 6.92 Å². The summed E-state index contributed by atoms with van der Waals surface area (Å²) >= 11 is 0. The van der Waals surface area contributed by atoms with Crippen molar-refractivity contribution in [3.05, 3.63) is 84.1 Å². The van der Waals surface area contributed by atoms with Crippen molar-refractivity contribution < 1.29 is 26.3 Å². The number of ether oxygens (including phenoxy) is 1. The molecular formula is C22H16F3NO3S. The number of alkyl halides is 3. The highest BCUT2D eigenvalue weighted by atomic mass is 32.2. The van der Waals surface area contributed by atoms with Gasteiger partial charge in [0, 0.05) is 17.1 Å². The maximum Gasteiger partial charge on any atom is 0.419 e. The van der Waals surface area contributed by atoms with E-state index < -0.39 is 21.6 Å². The van der Waals surface area contributed by atoms with E-state index in [-0.39, 0.29) is 21.3 Å². The summed E-state index contributed by atoms with van der Waals surface area (Å²) in [5, 5.41) is 0.332. The predicted molar refractivity (Wildman–Crippen MR) is 106 cm³/mol. The van der Waals surface area contributed by atoms with Gasteiger partial charge in [-0.1, -0.05) is 30.3 Å². The molecule has 0 aliphatic carbocycles. The Hall–Kier alpha value is -3.26. The standard InChI is InChI=1S/C22H16F3NO3S/c1-14-6-5-9-18(22(23,24)25)21(14)29-15-10-11-19-17(12-15)20(13-26-19)30(27,28)16-7-3-2-4-8-16/h2-13,26H,1H3. The van der Waals surface area contributed by atoms with Crippen molar-refractivity contribution in [2.75, 3.05) is 0 Å². The van der Waals surface area contributed by atoms with Gasteiger partial charge in [0.1, 0.15) is 11.5 Å². The lowest BCUT2D eigenvalue weighted by atomic mass is 10.1. The Morgan fingerprint density at radius 1 is 0.933 bits per heavy atom. The number of halogens is 3. The summed E-state index contributed by atoms with van der Waals surface area (Å²) in [5.41, 5.74) is -0.0531. The average molecular weight is 431 g/mol. The first-order chi connectivity index (χ1) is 14.2. The van der Waals surface area contributed by atoms with Crippen LogP contribution in [0.5, 0.6) is 11.5 Å². The number of H-pyrrole nitrogens is 1. The van der Waals surface area contributed by atoms with Crippen LogP contribution in [0.1, 0.15) is 11.1 Å². The van der Waals surface area contributed by atoms with Gasteiger partial charge in [-0.15, -0.1) is 0 Å². The second-order valence-electron chi connectivity index (χ2n) is 6.73. The lowest BCUT2D eigenvalue weighted by Crippen LogP contribution is -2.08. The van der Waals surface area contributed by atoms with E-state index in [0.29, 0.717) is 16.5 Å². The van der Waals surface area contributed by atoms with E-state index in [9.17, 15) is 21.6 Å². The van der Waals surface area contributed by atoms with Crippen LogP contribution in [0.25, 0.3) is 10.9 Å². The average Bonchev–Trinajstić information content (AvgIpc) is 3.13. The number of nitrogens with one attached hydrogen (secondary N) is 1. The molecule has 0 amide bonds. The zero-order valence-corrected chi connectivity index (χ0v) is 16.5. The van der Waals surface area contributed by atoms with Crippen LogP contribution >= 0.6 is 0 Å². The minimum absolute atomic E-state index is 0.0231. The Labute approximate surface area is 170 Å². The smallest absolute Gasteiger partial charge is 0.419 e. The van der Waals surface area contributed by atoms with Gasteiger partial charge in [-0.25, -0.2) is 8.42 Å². The minimum Gasteiger partial charge on any atom is -0.456 e. The van der Waals surface area contributed by atoms with Crippen LogP contribution in [0.2, 0.25) is 0 Å². The first-order valence-corrected chi connectivity index (χ1v) is 10.4. The van der Waals surface area contributed by atoms with E-state index in [0.717, 1.165) is 6.07 Å². The highest BCUT2D eigenvalue weighted by Gasteiger charge is 2.35. The van der Waals surface area contributed by atoms with Crippen molar-refractivity contribution in [3.63, 3.8) is 0 Å². The van der Waals surface area contributed by atoms with E-state index >= 15 is 0 Å². The molecule has 0 aliphatic rings. The van der Waals surface area contributed by atoms with E-state index in [1.165, 1.54) is 49.5 Å². The summed E-state index contributed by atoms with van der Waals surface area (Å²) in [6, 6.07) is 16.2. The Balaban J connectivity index is 1.81. The Morgan fingerprint density at radius 2 is 1.67 bits per heavy atom. The molecule has 8 heteroatoms. The molecule has 1 N–H and O–H groups in total. The number of aromatic nitrogens is 1. The van der Waals surface area contributed by atoms with Crippen LogP contribution in [-0.4, -0.2) is 13.4 Å². The van der Waals surface area contributed by atoms with Crippen LogP contribution < -0.4 is 4.74 Å². The zero-order valence-electron chi connectivity index (χ0n) is 15.7. The summed E-state index contributed by atoms with van der Waals surface area (Å²) in [7, 11) is -3.82. The summed E-state index contributed by atoms with van der Waals surface area (Å²) in [4.78, 5) is 3.03. The summed E-state index contributed by atoms with van der Waals surface area (Å²) in [5.74, 6) is -0.209. The van der Waals surface area contributed by atoms with Crippen LogP contribution in [0.15, 0.2) is 82.7 Å². The molecule has 0 atom stereocenters. The van der Waals surface area contributed by atoms with Crippen molar-refractivity contribution in [2.24, 2.45) is 0 Å². The number of hydrogen-bond donors (Lipinski definition) is 1. The van der Waals surface area contributed by atoms with Gasteiger partial charge in [0.05, 0.1) is 15.4 Å². The van der Waals surface area contributed by atoms with Crippen molar-refractivity contribution in [1.82, 2.24) is 4.98 Å². The lowest BCUT2D eigenvalue weighted by Gasteiger charge is -2.16. The molecule has 154 valence electrons. The molecule has 0 saturated heterocycles. The summed E-state index contributed by atoms with van der Waals surface area (Å²) < 4.78 is 71.7. The lowest BCUT2D eigenvalue weighted by molar-refractivity contribution is -0.138. The van der Waals surface area contributed by atoms with E-state index in [2.05, 4.69) is 4.98 Å². The molecule has 0 aliphatic heterocycles. The predicted octanol–water partition coefficient (Wildman–Crippen LogP) is 6.12. The number of aromatic amines is 1. The topological polar surface area (TPSA) is 59.2 Å². The molecule has 0 bridgehead atoms. The molecule has 0 radical (unpaired) electrons. The van der Waals surface area contributed by atoms with Crippen LogP contribution in [0.3, 0.4) is 0 Å². The maximum absolute atomic E-state index is 13.4. The Bertz CT molecular complexity index is 1330. The van der Waals surface area contributed by atoms with Crippen molar-refractivity contribution in [2.45, 2.75) is 22.9 Å². The first kappa shape index (κ1) is 20.0. The SMILES string of the molecule is Cc1cccc(C(F)(F)F)c1Oc1ccc2[nH]cc(S(=O)(=O)c3ccccc3)c2c1. The quantitative estimate of drug-likeness (QED) is 0.423. The molecular weight excluding hydrogens is 415 g/mol. The van der Waals surface area contributed by atoms with E-state index in [4.69, 9.17) is 4.74 Å². The fraction of sp³-hybridized carbons (Fsp3) is 0.0909. The van der Waals surface area contributed by atoms with Gasteiger partial charge < -0.3 is 9.72 Å². The molecule has 0 unspecified atom stereocenters. The molecule has 1 aromatic heterocycles. The minimum atomic E-state index is -4.58. The molecule has 4 aromatic rings. The zero-order chi connectivity index (χ0) is 21.5. The Morgan fingerprint density at radius 3 is 2.37 bits per heavy atom. The number of benzene rings is 3. The molecule has 4 rings (SSSR count). The molecule has 1 heterocycles. The van der Waals surface area contributed by atoms with Gasteiger partial charge in [-0.2, -0.15) is 13.2 Å². The maximum atomic E-state index is 13.4. The summed E-state index contributed by atoms with van der Waals surface area (Å²) in [6.45, 7) is 1.52. The van der Waals surface area contributed by atoms with Crippen molar-refractivity contribution in [1.29, 1.82) is 0 Å². The number of rotatable bonds is 4. The van der Waals surface area contributed by atoms with Gasteiger partial charge in [0.25, 0.3) is 0 Å². The van der Waals surface area contributed by atoms with Gasteiger partial charge in [-0.3, -0.25) is 0 Å². The third-order valence-corrected chi connectivity index (χ3v) is 6.51. The molecule has 0 spiro atoms. The molecule has 4 nitrogen and oxygen atoms in total. The molecule has 0 fully saturated rings. The molecule has 0 saturated carbocycles. The number of sulfone groups is 1. The normalized spacial score (nSPS) is 12.3. The van der Waals surface area contributed by atoms with Crippen LogP contribution in [0.4, 0.5) is 13.2 Å². The monoisotopic (exact) mass is 431 g/mol. The summed E-state index contributed by atoms with van der Waals surface area (Å²) in [6.07, 6.45) is -3.22. The largest absolute Gasteiger partial charge is 0.456 e. The molecule has 30 heavy (non-hydrogen) atoms. The first-order valence-electron chi connectivity index (χ1n) is 8.94. The number of para-hydroxylation sites is 1. The van der Waals surface area contributed by atoms with Crippen LogP contribution in [-0.2, 0) is 16.0 Å². The highest BCUT2D eigenvalue weighted by Crippen LogP contribution is 2.41. The van der Waals surface area contributed by atoms with Gasteiger partial charge >= 0.3 is 6.18 Å². The number of hydrogen-bond acceptors (Lipinski definition) is 3. The number of fused-ring (bicyclic) bond motifs is 1. The third-order valence-electron chi connectivity index (χ3n) is 4.70. The third kappa shape index (κ3) is 3.54. The highest BCUT2D eigenvalue weighted by molar-refractivity contribution is 7.91. The van der Waals surface area contributed by atoms with Gasteiger partial charge in [0.15, 0.2) is 0 Å². The number of aryl methyl sites for hydroxylation is 1. The Kier molecular flexibility index (Phi) is 4.82. The van der Waals surface area contributed by atoms with Crippen molar-refractivity contribution in [3.8, 4) is 11.5 Å². The molecule has 3 aromatic carbocycles. The van der Waals surface area contributed by atoms with E-state index in [1.54, 1.807) is 24.3 Å². The van der Waals surface area contributed by atoms with Gasteiger partial charge in [-0.05, 0) is 48.9 Å². The van der Waals surface area contributed by atoms with Crippen molar-refractivity contribution >= 4 is 20.7 Å². The second-order valence-corrected chi connectivity index (χ2v) is 8.65. The fourth-order valence-electron chi connectivity index (χ4n) is 3.22. The van der Waals surface area contributed by atoms with E-state index in [1.807, 2.05) is 0 Å². The second kappa shape index (κ2) is 7.21. The van der Waals surface area contributed by atoms with Gasteiger partial charge in [0.2, 0.25) is 9.84 Å².